The van der Waals surface area contributed by atoms with Gasteiger partial charge in [0.25, 0.3) is 0 Å². The Kier molecular flexibility index (Phi) is 4.56. The van der Waals surface area contributed by atoms with Crippen molar-refractivity contribution < 1.29 is 5.11 Å². The SMILES string of the molecule is CC(C)C(NCCO)c1cccnc1. The Balaban J connectivity index is 2.68. The monoisotopic (exact) mass is 194 g/mol. The number of aliphatic hydroxyl groups is 1. The minimum absolute atomic E-state index is 0.170. The lowest BCUT2D eigenvalue weighted by Gasteiger charge is -2.22. The van der Waals surface area contributed by atoms with Gasteiger partial charge in [0.2, 0.25) is 0 Å². The first kappa shape index (κ1) is 11.1. The van der Waals surface area contributed by atoms with E-state index in [1.807, 2.05) is 12.3 Å². The van der Waals surface area contributed by atoms with Crippen LogP contribution in [-0.4, -0.2) is 23.2 Å². The van der Waals surface area contributed by atoms with Crippen molar-refractivity contribution in [1.82, 2.24) is 10.3 Å². The molecule has 0 amide bonds. The van der Waals surface area contributed by atoms with Gasteiger partial charge in [0.05, 0.1) is 6.61 Å². The van der Waals surface area contributed by atoms with Crippen LogP contribution in [-0.2, 0) is 0 Å². The molecule has 1 atom stereocenters. The number of aliphatic hydroxyl groups excluding tert-OH is 1. The lowest BCUT2D eigenvalue weighted by Crippen LogP contribution is -2.28. The highest BCUT2D eigenvalue weighted by Crippen LogP contribution is 2.19. The first-order valence-electron chi connectivity index (χ1n) is 5.00. The van der Waals surface area contributed by atoms with Crippen LogP contribution >= 0.6 is 0 Å². The molecule has 0 aliphatic heterocycles. The van der Waals surface area contributed by atoms with Crippen LogP contribution < -0.4 is 5.32 Å². The molecule has 1 unspecified atom stereocenters. The zero-order valence-corrected chi connectivity index (χ0v) is 8.77. The topological polar surface area (TPSA) is 45.1 Å². The van der Waals surface area contributed by atoms with Crippen LogP contribution in [0.4, 0.5) is 0 Å². The Labute approximate surface area is 85.2 Å². The highest BCUT2D eigenvalue weighted by Gasteiger charge is 2.14. The minimum Gasteiger partial charge on any atom is -0.395 e. The first-order valence-corrected chi connectivity index (χ1v) is 5.00. The van der Waals surface area contributed by atoms with Gasteiger partial charge in [0.15, 0.2) is 0 Å². The number of aromatic nitrogens is 1. The fraction of sp³-hybridized carbons (Fsp3) is 0.545. The van der Waals surface area contributed by atoms with E-state index in [9.17, 15) is 0 Å². The maximum Gasteiger partial charge on any atom is 0.0556 e. The average Bonchev–Trinajstić information content (AvgIpc) is 2.19. The fourth-order valence-corrected chi connectivity index (χ4v) is 1.52. The third-order valence-corrected chi connectivity index (χ3v) is 2.19. The van der Waals surface area contributed by atoms with Crippen molar-refractivity contribution in [3.63, 3.8) is 0 Å². The van der Waals surface area contributed by atoms with Crippen LogP contribution in [0.3, 0.4) is 0 Å². The third kappa shape index (κ3) is 3.09. The van der Waals surface area contributed by atoms with Gasteiger partial charge in [-0.25, -0.2) is 0 Å². The minimum atomic E-state index is 0.170. The summed E-state index contributed by atoms with van der Waals surface area (Å²) in [5.74, 6) is 0.491. The summed E-state index contributed by atoms with van der Waals surface area (Å²) in [6.45, 7) is 5.10. The number of rotatable bonds is 5. The Morgan fingerprint density at radius 3 is 2.79 bits per heavy atom. The largest absolute Gasteiger partial charge is 0.395 e. The molecule has 1 rings (SSSR count). The molecule has 1 aromatic heterocycles. The Bertz CT molecular complexity index is 249. The van der Waals surface area contributed by atoms with Crippen molar-refractivity contribution in [2.45, 2.75) is 19.9 Å². The lowest BCUT2D eigenvalue weighted by molar-refractivity contribution is 0.274. The van der Waals surface area contributed by atoms with Crippen molar-refractivity contribution in [2.24, 2.45) is 5.92 Å². The lowest BCUT2D eigenvalue weighted by atomic mass is 9.97. The summed E-state index contributed by atoms with van der Waals surface area (Å²) < 4.78 is 0. The van der Waals surface area contributed by atoms with Gasteiger partial charge in [-0.2, -0.15) is 0 Å². The van der Waals surface area contributed by atoms with Crippen molar-refractivity contribution in [3.05, 3.63) is 30.1 Å². The zero-order valence-electron chi connectivity index (χ0n) is 8.77. The molecule has 0 aliphatic rings. The average molecular weight is 194 g/mol. The first-order chi connectivity index (χ1) is 6.75. The van der Waals surface area contributed by atoms with Crippen molar-refractivity contribution >= 4 is 0 Å². The van der Waals surface area contributed by atoms with E-state index < -0.39 is 0 Å². The van der Waals surface area contributed by atoms with Crippen molar-refractivity contribution in [3.8, 4) is 0 Å². The highest BCUT2D eigenvalue weighted by atomic mass is 16.3. The molecule has 1 aromatic rings. The molecule has 0 saturated heterocycles. The van der Waals surface area contributed by atoms with Gasteiger partial charge >= 0.3 is 0 Å². The van der Waals surface area contributed by atoms with Gasteiger partial charge in [-0.1, -0.05) is 19.9 Å². The van der Waals surface area contributed by atoms with E-state index in [2.05, 4.69) is 30.2 Å². The second-order valence-electron chi connectivity index (χ2n) is 3.69. The van der Waals surface area contributed by atoms with Crippen LogP contribution in [0.1, 0.15) is 25.5 Å². The van der Waals surface area contributed by atoms with Crippen LogP contribution in [0.15, 0.2) is 24.5 Å². The fourth-order valence-electron chi connectivity index (χ4n) is 1.52. The molecule has 0 aliphatic carbocycles. The van der Waals surface area contributed by atoms with Crippen LogP contribution in [0.5, 0.6) is 0 Å². The van der Waals surface area contributed by atoms with Crippen molar-refractivity contribution in [1.29, 1.82) is 0 Å². The molecule has 0 saturated carbocycles. The third-order valence-electron chi connectivity index (χ3n) is 2.19. The highest BCUT2D eigenvalue weighted by molar-refractivity contribution is 5.14. The normalized spacial score (nSPS) is 13.1. The molecule has 0 fully saturated rings. The Morgan fingerprint density at radius 1 is 1.50 bits per heavy atom. The predicted octanol–water partition coefficient (Wildman–Crippen LogP) is 1.36. The van der Waals surface area contributed by atoms with Gasteiger partial charge in [-0.3, -0.25) is 4.98 Å². The summed E-state index contributed by atoms with van der Waals surface area (Å²) in [4.78, 5) is 4.09. The smallest absolute Gasteiger partial charge is 0.0556 e. The van der Waals surface area contributed by atoms with Gasteiger partial charge in [0.1, 0.15) is 0 Å². The van der Waals surface area contributed by atoms with Crippen LogP contribution in [0, 0.1) is 5.92 Å². The zero-order chi connectivity index (χ0) is 10.4. The summed E-state index contributed by atoms with van der Waals surface area (Å²) in [7, 11) is 0. The van der Waals surface area contributed by atoms with Crippen molar-refractivity contribution in [2.75, 3.05) is 13.2 Å². The Hall–Kier alpha value is -0.930. The summed E-state index contributed by atoms with van der Waals surface area (Å²) >= 11 is 0. The van der Waals surface area contributed by atoms with E-state index in [1.165, 1.54) is 5.56 Å². The molecule has 3 heteroatoms. The molecule has 1 heterocycles. The number of hydrogen-bond acceptors (Lipinski definition) is 3. The second kappa shape index (κ2) is 5.73. The van der Waals surface area contributed by atoms with Gasteiger partial charge in [0, 0.05) is 25.0 Å². The molecule has 0 bridgehead atoms. The molecular formula is C11H18N2O. The summed E-state index contributed by atoms with van der Waals surface area (Å²) in [5, 5.41) is 12.1. The number of hydrogen-bond donors (Lipinski definition) is 2. The van der Waals surface area contributed by atoms with Gasteiger partial charge in [-0.05, 0) is 17.5 Å². The molecule has 0 radical (unpaired) electrons. The van der Waals surface area contributed by atoms with E-state index >= 15 is 0 Å². The van der Waals surface area contributed by atoms with E-state index in [1.54, 1.807) is 6.20 Å². The van der Waals surface area contributed by atoms with E-state index in [0.717, 1.165) is 0 Å². The van der Waals surface area contributed by atoms with E-state index in [4.69, 9.17) is 5.11 Å². The quantitative estimate of drug-likeness (QED) is 0.744. The number of pyridine rings is 1. The second-order valence-corrected chi connectivity index (χ2v) is 3.69. The standard InChI is InChI=1S/C11H18N2O/c1-9(2)11(13-6-7-14)10-4-3-5-12-8-10/h3-5,8-9,11,13-14H,6-7H2,1-2H3. The van der Waals surface area contributed by atoms with Crippen LogP contribution in [0.2, 0.25) is 0 Å². The Morgan fingerprint density at radius 2 is 2.29 bits per heavy atom. The summed E-state index contributed by atoms with van der Waals surface area (Å²) in [5.41, 5.74) is 1.18. The van der Waals surface area contributed by atoms with E-state index in [-0.39, 0.29) is 12.6 Å². The summed E-state index contributed by atoms with van der Waals surface area (Å²) in [6, 6.07) is 4.27. The predicted molar refractivity (Wildman–Crippen MR) is 56.9 cm³/mol. The van der Waals surface area contributed by atoms with Gasteiger partial charge in [-0.15, -0.1) is 0 Å². The number of nitrogens with zero attached hydrogens (tertiary/aromatic N) is 1. The maximum absolute atomic E-state index is 8.77. The molecule has 0 aromatic carbocycles. The molecular weight excluding hydrogens is 176 g/mol. The number of nitrogens with one attached hydrogen (secondary N) is 1. The maximum atomic E-state index is 8.77. The molecule has 78 valence electrons. The molecule has 3 nitrogen and oxygen atoms in total. The molecule has 0 spiro atoms. The van der Waals surface area contributed by atoms with E-state index in [0.29, 0.717) is 12.5 Å². The van der Waals surface area contributed by atoms with Crippen LogP contribution in [0.25, 0.3) is 0 Å². The van der Waals surface area contributed by atoms with Gasteiger partial charge < -0.3 is 10.4 Å². The summed E-state index contributed by atoms with van der Waals surface area (Å²) in [6.07, 6.45) is 3.64. The molecule has 14 heavy (non-hydrogen) atoms. The molecule has 2 N–H and O–H groups in total.